The van der Waals surface area contributed by atoms with E-state index in [0.717, 1.165) is 35.7 Å². The fraction of sp³-hybridized carbons (Fsp3) is 0.526. The minimum absolute atomic E-state index is 0.0421. The van der Waals surface area contributed by atoms with Gasteiger partial charge in [-0.15, -0.1) is 0 Å². The molecule has 1 aliphatic rings. The molecule has 1 aromatic carbocycles. The summed E-state index contributed by atoms with van der Waals surface area (Å²) >= 11 is 6.14. The van der Waals surface area contributed by atoms with Crippen molar-refractivity contribution in [3.63, 3.8) is 0 Å². The van der Waals surface area contributed by atoms with Gasteiger partial charge in [0.05, 0.1) is 12.3 Å². The molecular formula is C19H26ClN3O3S. The fourth-order valence-electron chi connectivity index (χ4n) is 3.73. The Morgan fingerprint density at radius 1 is 1.33 bits per heavy atom. The van der Waals surface area contributed by atoms with Crippen molar-refractivity contribution in [3.8, 4) is 0 Å². The molecule has 2 heterocycles. The second-order valence-corrected chi connectivity index (χ2v) is 9.65. The third kappa shape index (κ3) is 4.06. The van der Waals surface area contributed by atoms with Crippen LogP contribution in [0.2, 0.25) is 5.15 Å². The van der Waals surface area contributed by atoms with E-state index in [1.807, 2.05) is 13.0 Å². The van der Waals surface area contributed by atoms with E-state index in [2.05, 4.69) is 22.0 Å². The van der Waals surface area contributed by atoms with Crippen LogP contribution in [0.5, 0.6) is 0 Å². The Labute approximate surface area is 165 Å². The van der Waals surface area contributed by atoms with Gasteiger partial charge >= 0.3 is 0 Å². The number of unbranched alkanes of at least 4 members (excludes halogenated alkanes) is 1. The van der Waals surface area contributed by atoms with Gasteiger partial charge in [0.1, 0.15) is 5.15 Å². The molecule has 2 aromatic rings. The molecule has 0 amide bonds. The van der Waals surface area contributed by atoms with Gasteiger partial charge in [-0.1, -0.05) is 17.7 Å². The number of hydrogen-bond acceptors (Lipinski definition) is 5. The lowest BCUT2D eigenvalue weighted by Crippen LogP contribution is -2.65. The van der Waals surface area contributed by atoms with Gasteiger partial charge < -0.3 is 10.0 Å². The molecule has 27 heavy (non-hydrogen) atoms. The SMILES string of the molecule is C[C@@H]1[C@@H](N(C)S(C)(=O)=O)CN1c1ccc(CCCCO)c2cc(Cl)ncc12. The van der Waals surface area contributed by atoms with Crippen molar-refractivity contribution in [3.05, 3.63) is 35.1 Å². The van der Waals surface area contributed by atoms with Crippen molar-refractivity contribution in [2.45, 2.75) is 38.3 Å². The highest BCUT2D eigenvalue weighted by Crippen LogP contribution is 2.37. The van der Waals surface area contributed by atoms with Crippen molar-refractivity contribution in [2.75, 3.05) is 31.4 Å². The summed E-state index contributed by atoms with van der Waals surface area (Å²) in [7, 11) is -1.58. The minimum atomic E-state index is -3.21. The first kappa shape index (κ1) is 20.3. The molecule has 2 atom stereocenters. The van der Waals surface area contributed by atoms with Crippen LogP contribution in [0.25, 0.3) is 10.8 Å². The second-order valence-electron chi connectivity index (χ2n) is 7.22. The number of nitrogens with zero attached hydrogens (tertiary/aromatic N) is 3. The number of rotatable bonds is 7. The van der Waals surface area contributed by atoms with E-state index in [1.165, 1.54) is 16.1 Å². The van der Waals surface area contributed by atoms with Crippen LogP contribution in [0.15, 0.2) is 24.4 Å². The van der Waals surface area contributed by atoms with Crippen LogP contribution in [-0.2, 0) is 16.4 Å². The molecule has 3 rings (SSSR count). The third-order valence-corrected chi connectivity index (χ3v) is 7.04. The van der Waals surface area contributed by atoms with E-state index in [0.29, 0.717) is 11.7 Å². The van der Waals surface area contributed by atoms with Crippen molar-refractivity contribution in [1.82, 2.24) is 9.29 Å². The van der Waals surface area contributed by atoms with Crippen LogP contribution in [0, 0.1) is 0 Å². The highest BCUT2D eigenvalue weighted by molar-refractivity contribution is 7.88. The van der Waals surface area contributed by atoms with Crippen LogP contribution in [0.4, 0.5) is 5.69 Å². The summed E-state index contributed by atoms with van der Waals surface area (Å²) in [6.07, 6.45) is 5.58. The monoisotopic (exact) mass is 411 g/mol. The first-order valence-electron chi connectivity index (χ1n) is 9.11. The molecule has 0 spiro atoms. The molecule has 8 heteroatoms. The predicted molar refractivity (Wildman–Crippen MR) is 110 cm³/mol. The van der Waals surface area contributed by atoms with E-state index in [-0.39, 0.29) is 18.7 Å². The molecule has 1 saturated heterocycles. The summed E-state index contributed by atoms with van der Waals surface area (Å²) in [5, 5.41) is 11.6. The molecule has 148 valence electrons. The van der Waals surface area contributed by atoms with Gasteiger partial charge in [-0.05, 0) is 49.3 Å². The molecule has 0 unspecified atom stereocenters. The van der Waals surface area contributed by atoms with Gasteiger partial charge in [0.2, 0.25) is 10.0 Å². The van der Waals surface area contributed by atoms with Crippen LogP contribution in [0.3, 0.4) is 0 Å². The van der Waals surface area contributed by atoms with E-state index in [4.69, 9.17) is 16.7 Å². The molecule has 6 nitrogen and oxygen atoms in total. The van der Waals surface area contributed by atoms with E-state index in [1.54, 1.807) is 13.2 Å². The zero-order chi connectivity index (χ0) is 19.8. The Kier molecular flexibility index (Phi) is 5.96. The van der Waals surface area contributed by atoms with Gasteiger partial charge in [-0.25, -0.2) is 13.4 Å². The number of aliphatic hydroxyl groups excluding tert-OH is 1. The standard InChI is InChI=1S/C19H26ClN3O3S/c1-13-18(22(2)27(3,25)26)12-23(13)17-8-7-14(6-4-5-9-24)15-10-19(20)21-11-16(15)17/h7-8,10-11,13,18,24H,4-6,9,12H2,1-3H3/t13-,18+/m1/s1. The number of aliphatic hydroxyl groups is 1. The van der Waals surface area contributed by atoms with Gasteiger partial charge in [0.25, 0.3) is 0 Å². The number of sulfonamides is 1. The minimum Gasteiger partial charge on any atom is -0.396 e. The molecule has 1 aromatic heterocycles. The van der Waals surface area contributed by atoms with Crippen LogP contribution < -0.4 is 4.90 Å². The normalized spacial score (nSPS) is 20.3. The summed E-state index contributed by atoms with van der Waals surface area (Å²) in [6.45, 7) is 2.88. The zero-order valence-corrected chi connectivity index (χ0v) is 17.5. The summed E-state index contributed by atoms with van der Waals surface area (Å²) < 4.78 is 25.1. The maximum Gasteiger partial charge on any atom is 0.211 e. The maximum atomic E-state index is 11.8. The average molecular weight is 412 g/mol. The van der Waals surface area contributed by atoms with Crippen LogP contribution >= 0.6 is 11.6 Å². The summed E-state index contributed by atoms with van der Waals surface area (Å²) in [4.78, 5) is 6.47. The quantitative estimate of drug-likeness (QED) is 0.560. The van der Waals surface area contributed by atoms with Crippen molar-refractivity contribution in [2.24, 2.45) is 0 Å². The predicted octanol–water partition coefficient (Wildman–Crippen LogP) is 2.67. The number of pyridine rings is 1. The Hall–Kier alpha value is -1.41. The van der Waals surface area contributed by atoms with Gasteiger partial charge in [-0.3, -0.25) is 0 Å². The molecule has 1 N–H and O–H groups in total. The van der Waals surface area contributed by atoms with Crippen molar-refractivity contribution >= 4 is 38.1 Å². The Bertz CT molecular complexity index is 935. The fourth-order valence-corrected chi connectivity index (χ4v) is 4.62. The Morgan fingerprint density at radius 2 is 2.07 bits per heavy atom. The second kappa shape index (κ2) is 7.91. The molecule has 1 fully saturated rings. The molecule has 1 aliphatic heterocycles. The zero-order valence-electron chi connectivity index (χ0n) is 15.9. The lowest BCUT2D eigenvalue weighted by Gasteiger charge is -2.51. The van der Waals surface area contributed by atoms with E-state index in [9.17, 15) is 8.42 Å². The molecule has 0 aliphatic carbocycles. The molecule has 0 radical (unpaired) electrons. The smallest absolute Gasteiger partial charge is 0.211 e. The van der Waals surface area contributed by atoms with Gasteiger partial charge in [0.15, 0.2) is 0 Å². The topological polar surface area (TPSA) is 73.7 Å². The molecular weight excluding hydrogens is 386 g/mol. The Morgan fingerprint density at radius 3 is 2.70 bits per heavy atom. The number of halogens is 1. The molecule has 0 saturated carbocycles. The summed E-state index contributed by atoms with van der Waals surface area (Å²) in [5.74, 6) is 0. The number of likely N-dealkylation sites (N-methyl/N-ethyl adjacent to an activating group) is 1. The first-order valence-corrected chi connectivity index (χ1v) is 11.3. The third-order valence-electron chi connectivity index (χ3n) is 5.52. The molecule has 0 bridgehead atoms. The van der Waals surface area contributed by atoms with Gasteiger partial charge in [0, 0.05) is 43.5 Å². The maximum absolute atomic E-state index is 11.8. The van der Waals surface area contributed by atoms with E-state index < -0.39 is 10.0 Å². The van der Waals surface area contributed by atoms with E-state index >= 15 is 0 Å². The average Bonchev–Trinajstić information content (AvgIpc) is 2.61. The lowest BCUT2D eigenvalue weighted by atomic mass is 9.93. The first-order chi connectivity index (χ1) is 12.7. The van der Waals surface area contributed by atoms with Crippen molar-refractivity contribution < 1.29 is 13.5 Å². The number of anilines is 1. The highest BCUT2D eigenvalue weighted by atomic mass is 35.5. The number of fused-ring (bicyclic) bond motifs is 1. The highest BCUT2D eigenvalue weighted by Gasteiger charge is 2.41. The van der Waals surface area contributed by atoms with Gasteiger partial charge in [-0.2, -0.15) is 4.31 Å². The number of benzene rings is 1. The summed E-state index contributed by atoms with van der Waals surface area (Å²) in [5.41, 5.74) is 2.23. The lowest BCUT2D eigenvalue weighted by molar-refractivity contribution is 0.251. The van der Waals surface area contributed by atoms with Crippen molar-refractivity contribution in [1.29, 1.82) is 0 Å². The number of aromatic nitrogens is 1. The number of hydrogen-bond donors (Lipinski definition) is 1. The Balaban J connectivity index is 1.91. The number of aryl methyl sites for hydroxylation is 1. The largest absolute Gasteiger partial charge is 0.396 e. The van der Waals surface area contributed by atoms with Crippen LogP contribution in [0.1, 0.15) is 25.3 Å². The van der Waals surface area contributed by atoms with Crippen LogP contribution in [-0.4, -0.2) is 61.4 Å². The summed E-state index contributed by atoms with van der Waals surface area (Å²) in [6, 6.07) is 6.10.